The highest BCUT2D eigenvalue weighted by Crippen LogP contribution is 2.36. The van der Waals surface area contributed by atoms with Crippen molar-refractivity contribution in [2.24, 2.45) is 0 Å². The van der Waals surface area contributed by atoms with Crippen molar-refractivity contribution in [1.82, 2.24) is 4.98 Å². The lowest BCUT2D eigenvalue weighted by molar-refractivity contribution is -0.123. The normalized spacial score (nSPS) is 11.9. The third-order valence-corrected chi connectivity index (χ3v) is 6.03. The monoisotopic (exact) mass is 432 g/mol. The summed E-state index contributed by atoms with van der Waals surface area (Å²) in [7, 11) is 1.61. The quantitative estimate of drug-likeness (QED) is 0.372. The summed E-state index contributed by atoms with van der Waals surface area (Å²) in [6.07, 6.45) is -0.707. The first-order valence-electron chi connectivity index (χ1n) is 10.0. The zero-order valence-corrected chi connectivity index (χ0v) is 18.8. The molecule has 0 spiro atoms. The molecule has 6 heteroatoms. The largest absolute Gasteiger partial charge is 0.497 e. The summed E-state index contributed by atoms with van der Waals surface area (Å²) in [6, 6.07) is 21.1. The number of nitrogens with zero attached hydrogens (tertiary/aromatic N) is 2. The van der Waals surface area contributed by atoms with Gasteiger partial charge in [0.1, 0.15) is 11.5 Å². The van der Waals surface area contributed by atoms with E-state index < -0.39 is 6.10 Å². The number of hydrogen-bond donors (Lipinski definition) is 0. The van der Waals surface area contributed by atoms with E-state index in [1.54, 1.807) is 31.1 Å². The van der Waals surface area contributed by atoms with E-state index in [1.807, 2.05) is 62.4 Å². The Kier molecular flexibility index (Phi) is 5.91. The van der Waals surface area contributed by atoms with Crippen molar-refractivity contribution in [3.05, 3.63) is 77.9 Å². The Balaban J connectivity index is 1.71. The van der Waals surface area contributed by atoms with Crippen molar-refractivity contribution in [1.29, 1.82) is 0 Å². The number of thiazole rings is 1. The first kappa shape index (κ1) is 20.9. The van der Waals surface area contributed by atoms with Gasteiger partial charge in [-0.3, -0.25) is 9.69 Å². The van der Waals surface area contributed by atoms with Crippen molar-refractivity contribution in [3.8, 4) is 11.5 Å². The summed E-state index contributed by atoms with van der Waals surface area (Å²) < 4.78 is 12.2. The number of benzene rings is 3. The molecule has 1 atom stereocenters. The van der Waals surface area contributed by atoms with Crippen molar-refractivity contribution < 1.29 is 14.3 Å². The molecule has 5 nitrogen and oxygen atoms in total. The second kappa shape index (κ2) is 8.78. The Morgan fingerprint density at radius 1 is 1.00 bits per heavy atom. The van der Waals surface area contributed by atoms with Crippen LogP contribution in [0.2, 0.25) is 0 Å². The minimum Gasteiger partial charge on any atom is -0.497 e. The van der Waals surface area contributed by atoms with Crippen LogP contribution in [-0.2, 0) is 4.79 Å². The maximum atomic E-state index is 13.6. The van der Waals surface area contributed by atoms with Crippen molar-refractivity contribution in [2.45, 2.75) is 26.9 Å². The fraction of sp³-hybridized carbons (Fsp3) is 0.200. The van der Waals surface area contributed by atoms with Gasteiger partial charge in [0.15, 0.2) is 11.2 Å². The van der Waals surface area contributed by atoms with Crippen LogP contribution < -0.4 is 14.4 Å². The van der Waals surface area contributed by atoms with Gasteiger partial charge in [-0.25, -0.2) is 4.98 Å². The van der Waals surface area contributed by atoms with Gasteiger partial charge >= 0.3 is 0 Å². The molecule has 0 aliphatic carbocycles. The summed E-state index contributed by atoms with van der Waals surface area (Å²) in [4.78, 5) is 20.0. The minimum atomic E-state index is -0.707. The number of amides is 1. The fourth-order valence-electron chi connectivity index (χ4n) is 3.42. The number of aryl methyl sites for hydroxylation is 2. The Morgan fingerprint density at radius 2 is 1.71 bits per heavy atom. The van der Waals surface area contributed by atoms with E-state index in [-0.39, 0.29) is 5.91 Å². The van der Waals surface area contributed by atoms with Crippen molar-refractivity contribution >= 4 is 38.3 Å². The van der Waals surface area contributed by atoms with Gasteiger partial charge < -0.3 is 9.47 Å². The molecule has 3 aromatic carbocycles. The van der Waals surface area contributed by atoms with E-state index in [9.17, 15) is 4.79 Å². The van der Waals surface area contributed by atoms with Gasteiger partial charge in [-0.05, 0) is 68.8 Å². The Hall–Kier alpha value is -3.38. The summed E-state index contributed by atoms with van der Waals surface area (Å²) in [6.45, 7) is 5.80. The van der Waals surface area contributed by atoms with Crippen molar-refractivity contribution in [2.75, 3.05) is 12.0 Å². The van der Waals surface area contributed by atoms with E-state index in [2.05, 4.69) is 6.07 Å². The molecule has 1 heterocycles. The molecule has 0 fully saturated rings. The number of hydrogen-bond acceptors (Lipinski definition) is 5. The molecule has 0 unspecified atom stereocenters. The number of aromatic nitrogens is 1. The number of anilines is 2. The van der Waals surface area contributed by atoms with Crippen LogP contribution in [-0.4, -0.2) is 24.1 Å². The Labute approximate surface area is 185 Å². The highest BCUT2D eigenvalue weighted by atomic mass is 32.1. The Morgan fingerprint density at radius 3 is 2.39 bits per heavy atom. The van der Waals surface area contributed by atoms with Crippen LogP contribution in [0.5, 0.6) is 11.5 Å². The molecule has 1 aromatic heterocycles. The third kappa shape index (κ3) is 4.39. The zero-order valence-electron chi connectivity index (χ0n) is 18.0. The maximum absolute atomic E-state index is 13.6. The van der Waals surface area contributed by atoms with E-state index in [0.717, 1.165) is 32.8 Å². The average molecular weight is 433 g/mol. The molecule has 0 radical (unpaired) electrons. The molecular formula is C25H24N2O3S. The number of carbonyl (C=O) groups is 1. The summed E-state index contributed by atoms with van der Waals surface area (Å²) in [5, 5.41) is 0.628. The Bertz CT molecular complexity index is 1180. The van der Waals surface area contributed by atoms with Gasteiger partial charge in [0.2, 0.25) is 0 Å². The average Bonchev–Trinajstić information content (AvgIpc) is 3.19. The van der Waals surface area contributed by atoms with Gasteiger partial charge in [0.25, 0.3) is 5.91 Å². The standard InChI is InChI=1S/C25H24N2O3S/c1-16-9-14-22(17(2)15-16)27(25-26-21-7-5-6-8-23(21)31-25)24(28)18(3)30-20-12-10-19(29-4)11-13-20/h5-15,18H,1-4H3/t18-/m1/s1. The molecule has 158 valence electrons. The summed E-state index contributed by atoms with van der Waals surface area (Å²) in [5.41, 5.74) is 3.82. The minimum absolute atomic E-state index is 0.179. The molecule has 0 saturated heterocycles. The summed E-state index contributed by atoms with van der Waals surface area (Å²) in [5.74, 6) is 1.16. The molecule has 0 aliphatic rings. The van der Waals surface area contributed by atoms with Gasteiger partial charge in [0.05, 0.1) is 23.0 Å². The lowest BCUT2D eigenvalue weighted by atomic mass is 10.1. The molecule has 1 amide bonds. The van der Waals surface area contributed by atoms with E-state index in [4.69, 9.17) is 14.5 Å². The second-order valence-electron chi connectivity index (χ2n) is 7.36. The number of fused-ring (bicyclic) bond motifs is 1. The van der Waals surface area contributed by atoms with Crippen molar-refractivity contribution in [3.63, 3.8) is 0 Å². The molecule has 0 saturated carbocycles. The van der Waals surface area contributed by atoms with Crippen LogP contribution in [0.3, 0.4) is 0 Å². The molecule has 0 N–H and O–H groups in total. The highest BCUT2D eigenvalue weighted by Gasteiger charge is 2.28. The van der Waals surface area contributed by atoms with Crippen LogP contribution >= 0.6 is 11.3 Å². The fourth-order valence-corrected chi connectivity index (χ4v) is 4.40. The third-order valence-electron chi connectivity index (χ3n) is 5.01. The topological polar surface area (TPSA) is 51.7 Å². The smallest absolute Gasteiger partial charge is 0.274 e. The van der Waals surface area contributed by atoms with Gasteiger partial charge in [-0.1, -0.05) is 41.2 Å². The molecule has 0 aliphatic heterocycles. The number of rotatable bonds is 6. The first-order valence-corrected chi connectivity index (χ1v) is 10.9. The van der Waals surface area contributed by atoms with Gasteiger partial charge in [0, 0.05) is 0 Å². The molecule has 4 rings (SSSR count). The zero-order chi connectivity index (χ0) is 22.0. The predicted octanol–water partition coefficient (Wildman–Crippen LogP) is 6.05. The highest BCUT2D eigenvalue weighted by molar-refractivity contribution is 7.22. The van der Waals surface area contributed by atoms with Gasteiger partial charge in [-0.2, -0.15) is 0 Å². The number of methoxy groups -OCH3 is 1. The van der Waals surface area contributed by atoms with Crippen LogP contribution in [0.4, 0.5) is 10.8 Å². The molecule has 31 heavy (non-hydrogen) atoms. The van der Waals surface area contributed by atoms with Gasteiger partial charge in [-0.15, -0.1) is 0 Å². The summed E-state index contributed by atoms with van der Waals surface area (Å²) >= 11 is 1.49. The second-order valence-corrected chi connectivity index (χ2v) is 8.37. The van der Waals surface area contributed by atoms with E-state index in [0.29, 0.717) is 10.9 Å². The van der Waals surface area contributed by atoms with E-state index in [1.165, 1.54) is 11.3 Å². The lowest BCUT2D eigenvalue weighted by Gasteiger charge is -2.25. The van der Waals surface area contributed by atoms with Crippen LogP contribution in [0.1, 0.15) is 18.1 Å². The van der Waals surface area contributed by atoms with Crippen LogP contribution in [0.15, 0.2) is 66.7 Å². The lowest BCUT2D eigenvalue weighted by Crippen LogP contribution is -2.38. The SMILES string of the molecule is COc1ccc(O[C@H](C)C(=O)N(c2nc3ccccc3s2)c2ccc(C)cc2C)cc1. The first-order chi connectivity index (χ1) is 15.0. The molecule has 0 bridgehead atoms. The van der Waals surface area contributed by atoms with Crippen LogP contribution in [0.25, 0.3) is 10.2 Å². The number of para-hydroxylation sites is 1. The van der Waals surface area contributed by atoms with E-state index >= 15 is 0 Å². The molecular weight excluding hydrogens is 408 g/mol. The molecule has 4 aromatic rings. The maximum Gasteiger partial charge on any atom is 0.274 e. The predicted molar refractivity (Wildman–Crippen MR) is 126 cm³/mol. The number of carbonyl (C=O) groups excluding carboxylic acids is 1. The number of ether oxygens (including phenoxy) is 2. The van der Waals surface area contributed by atoms with Crippen LogP contribution in [0, 0.1) is 13.8 Å².